The van der Waals surface area contributed by atoms with Crippen molar-refractivity contribution in [2.75, 3.05) is 11.5 Å². The minimum atomic E-state index is -0.134. The Balaban J connectivity index is 1.95. The first-order chi connectivity index (χ1) is 6.80. The van der Waals surface area contributed by atoms with Crippen LogP contribution in [0, 0.1) is 16.7 Å². The van der Waals surface area contributed by atoms with Crippen molar-refractivity contribution in [3.05, 3.63) is 0 Å². The van der Waals surface area contributed by atoms with Crippen LogP contribution >= 0.6 is 11.8 Å². The molecule has 2 heterocycles. The van der Waals surface area contributed by atoms with E-state index in [0.29, 0.717) is 6.10 Å². The van der Waals surface area contributed by atoms with Gasteiger partial charge in [0.25, 0.3) is 0 Å². The minimum Gasteiger partial charge on any atom is -0.373 e. The van der Waals surface area contributed by atoms with Crippen molar-refractivity contribution >= 4 is 11.8 Å². The maximum atomic E-state index is 9.30. The molecule has 0 aliphatic carbocycles. The fourth-order valence-corrected chi connectivity index (χ4v) is 3.43. The van der Waals surface area contributed by atoms with Crippen LogP contribution < -0.4 is 0 Å². The third-order valence-electron chi connectivity index (χ3n) is 3.44. The molecule has 0 saturated carbocycles. The topological polar surface area (TPSA) is 33.0 Å². The van der Waals surface area contributed by atoms with Gasteiger partial charge in [-0.2, -0.15) is 17.0 Å². The van der Waals surface area contributed by atoms with E-state index in [4.69, 9.17) is 4.74 Å². The Hall–Kier alpha value is -0.200. The van der Waals surface area contributed by atoms with Crippen LogP contribution in [0.3, 0.4) is 0 Å². The minimum absolute atomic E-state index is 0.134. The van der Waals surface area contributed by atoms with Crippen LogP contribution in [-0.2, 0) is 4.74 Å². The van der Waals surface area contributed by atoms with Crippen LogP contribution in [0.4, 0.5) is 0 Å². The molecule has 0 aromatic carbocycles. The average molecular weight is 211 g/mol. The van der Waals surface area contributed by atoms with Gasteiger partial charge in [0.15, 0.2) is 0 Å². The van der Waals surface area contributed by atoms with Crippen LogP contribution in [0.25, 0.3) is 0 Å². The van der Waals surface area contributed by atoms with E-state index in [0.717, 1.165) is 30.8 Å². The Bertz CT molecular complexity index is 250. The lowest BCUT2D eigenvalue weighted by atomic mass is 9.73. The van der Waals surface area contributed by atoms with E-state index in [-0.39, 0.29) is 11.5 Å². The number of fused-ring (bicyclic) bond motifs is 2. The highest BCUT2D eigenvalue weighted by Crippen LogP contribution is 2.49. The molecule has 0 spiro atoms. The van der Waals surface area contributed by atoms with Crippen molar-refractivity contribution in [1.82, 2.24) is 0 Å². The van der Waals surface area contributed by atoms with Crippen molar-refractivity contribution in [2.45, 2.75) is 44.8 Å². The van der Waals surface area contributed by atoms with Crippen molar-refractivity contribution < 1.29 is 4.74 Å². The van der Waals surface area contributed by atoms with Crippen LogP contribution in [0.5, 0.6) is 0 Å². The van der Waals surface area contributed by atoms with Crippen LogP contribution in [0.1, 0.15) is 32.6 Å². The largest absolute Gasteiger partial charge is 0.373 e. The smallest absolute Gasteiger partial charge is 0.0867 e. The summed E-state index contributed by atoms with van der Waals surface area (Å²) in [5, 5.41) is 9.30. The van der Waals surface area contributed by atoms with Crippen LogP contribution in [-0.4, -0.2) is 23.7 Å². The van der Waals surface area contributed by atoms with Crippen molar-refractivity contribution in [3.8, 4) is 6.07 Å². The molecule has 0 radical (unpaired) electrons. The fourth-order valence-electron chi connectivity index (χ4n) is 2.64. The van der Waals surface area contributed by atoms with Gasteiger partial charge in [-0.3, -0.25) is 0 Å². The predicted molar refractivity (Wildman–Crippen MR) is 58.2 cm³/mol. The lowest BCUT2D eigenvalue weighted by Crippen LogP contribution is -2.31. The van der Waals surface area contributed by atoms with E-state index in [2.05, 4.69) is 13.0 Å². The molecule has 2 aliphatic rings. The number of hydrogen-bond donors (Lipinski definition) is 0. The zero-order chi connectivity index (χ0) is 10.0. The normalized spacial score (nSPS) is 40.0. The summed E-state index contributed by atoms with van der Waals surface area (Å²) in [5.41, 5.74) is -0.134. The summed E-state index contributed by atoms with van der Waals surface area (Å²) in [5.74, 6) is 2.26. The summed E-state index contributed by atoms with van der Waals surface area (Å²) in [6.07, 6.45) is 4.92. The van der Waals surface area contributed by atoms with Crippen molar-refractivity contribution in [2.24, 2.45) is 5.41 Å². The number of hydrogen-bond acceptors (Lipinski definition) is 3. The first-order valence-electron chi connectivity index (χ1n) is 5.45. The van der Waals surface area contributed by atoms with E-state index in [9.17, 15) is 5.26 Å². The standard InChI is InChI=1S/C11H17NOS/c1-2-14-6-5-11(8-12)7-9-3-4-10(11)13-9/h9-10H,2-7H2,1H3. The molecule has 3 unspecified atom stereocenters. The molecular formula is C11H17NOS. The molecule has 3 atom stereocenters. The van der Waals surface area contributed by atoms with Gasteiger partial charge in [-0.25, -0.2) is 0 Å². The van der Waals surface area contributed by atoms with E-state index in [1.54, 1.807) is 0 Å². The van der Waals surface area contributed by atoms with E-state index >= 15 is 0 Å². The third kappa shape index (κ3) is 1.66. The van der Waals surface area contributed by atoms with Gasteiger partial charge < -0.3 is 4.74 Å². The van der Waals surface area contributed by atoms with Crippen molar-refractivity contribution in [3.63, 3.8) is 0 Å². The lowest BCUT2D eigenvalue weighted by Gasteiger charge is -2.27. The van der Waals surface area contributed by atoms with Crippen molar-refractivity contribution in [1.29, 1.82) is 5.26 Å². The number of nitrogens with zero attached hydrogens (tertiary/aromatic N) is 1. The van der Waals surface area contributed by atoms with E-state index in [1.807, 2.05) is 11.8 Å². The summed E-state index contributed by atoms with van der Waals surface area (Å²) in [6, 6.07) is 2.53. The van der Waals surface area contributed by atoms with E-state index in [1.165, 1.54) is 6.42 Å². The van der Waals surface area contributed by atoms with Gasteiger partial charge in [0.2, 0.25) is 0 Å². The second kappa shape index (κ2) is 4.12. The monoisotopic (exact) mass is 211 g/mol. The molecular weight excluding hydrogens is 194 g/mol. The summed E-state index contributed by atoms with van der Waals surface area (Å²) < 4.78 is 5.78. The van der Waals surface area contributed by atoms with Crippen LogP contribution in [0.15, 0.2) is 0 Å². The van der Waals surface area contributed by atoms with E-state index < -0.39 is 0 Å². The van der Waals surface area contributed by atoms with Gasteiger partial charge in [-0.15, -0.1) is 0 Å². The zero-order valence-corrected chi connectivity index (χ0v) is 9.48. The predicted octanol–water partition coefficient (Wildman–Crippen LogP) is 2.59. The summed E-state index contributed by atoms with van der Waals surface area (Å²) >= 11 is 1.93. The number of ether oxygens (including phenoxy) is 1. The molecule has 0 amide bonds. The molecule has 2 bridgehead atoms. The third-order valence-corrected chi connectivity index (χ3v) is 4.34. The molecule has 0 aromatic heterocycles. The molecule has 0 N–H and O–H groups in total. The molecule has 14 heavy (non-hydrogen) atoms. The Morgan fingerprint density at radius 1 is 1.57 bits per heavy atom. The number of rotatable bonds is 4. The summed E-state index contributed by atoms with van der Waals surface area (Å²) in [7, 11) is 0. The highest BCUT2D eigenvalue weighted by Gasteiger charge is 2.52. The molecule has 2 rings (SSSR count). The molecule has 2 aliphatic heterocycles. The maximum absolute atomic E-state index is 9.30. The SMILES string of the molecule is CCSCCC1(C#N)CC2CCC1O2. The fraction of sp³-hybridized carbons (Fsp3) is 0.909. The molecule has 3 heteroatoms. The quantitative estimate of drug-likeness (QED) is 0.670. The molecule has 0 aromatic rings. The molecule has 2 fully saturated rings. The summed E-state index contributed by atoms with van der Waals surface area (Å²) in [4.78, 5) is 0. The Morgan fingerprint density at radius 3 is 2.93 bits per heavy atom. The molecule has 2 saturated heterocycles. The average Bonchev–Trinajstić information content (AvgIpc) is 2.78. The Labute approximate surface area is 90.0 Å². The van der Waals surface area contributed by atoms with Gasteiger partial charge in [-0.1, -0.05) is 6.92 Å². The Morgan fingerprint density at radius 2 is 2.43 bits per heavy atom. The van der Waals surface area contributed by atoms with Crippen LogP contribution in [0.2, 0.25) is 0 Å². The highest BCUT2D eigenvalue weighted by molar-refractivity contribution is 7.99. The summed E-state index contributed by atoms with van der Waals surface area (Å²) in [6.45, 7) is 2.17. The zero-order valence-electron chi connectivity index (χ0n) is 8.66. The van der Waals surface area contributed by atoms with Gasteiger partial charge in [0.05, 0.1) is 23.7 Å². The van der Waals surface area contributed by atoms with Gasteiger partial charge in [0.1, 0.15) is 0 Å². The highest BCUT2D eigenvalue weighted by atomic mass is 32.2. The van der Waals surface area contributed by atoms with Gasteiger partial charge >= 0.3 is 0 Å². The number of nitriles is 1. The maximum Gasteiger partial charge on any atom is 0.0867 e. The van der Waals surface area contributed by atoms with Gasteiger partial charge in [-0.05, 0) is 37.2 Å². The second-order valence-corrected chi connectivity index (χ2v) is 5.64. The molecule has 78 valence electrons. The first kappa shape index (κ1) is 10.3. The van der Waals surface area contributed by atoms with Gasteiger partial charge in [0, 0.05) is 0 Å². The number of thioether (sulfide) groups is 1. The second-order valence-electron chi connectivity index (χ2n) is 4.24. The lowest BCUT2D eigenvalue weighted by molar-refractivity contribution is 0.0780. The Kier molecular flexibility index (Phi) is 3.04. The molecule has 2 nitrogen and oxygen atoms in total. The first-order valence-corrected chi connectivity index (χ1v) is 6.60.